The van der Waals surface area contributed by atoms with E-state index in [1.165, 1.54) is 18.2 Å². The lowest BCUT2D eigenvalue weighted by Crippen LogP contribution is -2.38. The summed E-state index contributed by atoms with van der Waals surface area (Å²) in [5.74, 6) is -4.11. The van der Waals surface area contributed by atoms with Crippen molar-refractivity contribution in [2.75, 3.05) is 18.5 Å². The number of carbonyl (C=O) groups excluding carboxylic acids is 4. The quantitative estimate of drug-likeness (QED) is 0.219. The molecule has 31 heavy (non-hydrogen) atoms. The van der Waals surface area contributed by atoms with Gasteiger partial charge in [0.25, 0.3) is 11.6 Å². The monoisotopic (exact) mass is 469 g/mol. The molecule has 1 saturated heterocycles. The first-order valence-electron chi connectivity index (χ1n) is 9.52. The highest BCUT2D eigenvalue weighted by atomic mass is 35.5. The van der Waals surface area contributed by atoms with Crippen molar-refractivity contribution in [1.29, 1.82) is 0 Å². The molecule has 1 heterocycles. The van der Waals surface area contributed by atoms with Crippen LogP contribution in [0.3, 0.4) is 0 Å². The van der Waals surface area contributed by atoms with Crippen LogP contribution in [0.5, 0.6) is 0 Å². The molecule has 2 bridgehead atoms. The minimum atomic E-state index is -0.923. The Hall–Kier alpha value is -2.72. The van der Waals surface area contributed by atoms with Crippen LogP contribution in [0.2, 0.25) is 0 Å². The average Bonchev–Trinajstić information content (AvgIpc) is 3.33. The van der Waals surface area contributed by atoms with Crippen molar-refractivity contribution in [3.8, 4) is 0 Å². The number of alkyl halides is 2. The number of ether oxygens (including phenoxy) is 1. The predicted octanol–water partition coefficient (Wildman–Crippen LogP) is 1.54. The molecule has 164 valence electrons. The fourth-order valence-electron chi connectivity index (χ4n) is 4.78. The molecule has 6 atom stereocenters. The summed E-state index contributed by atoms with van der Waals surface area (Å²) in [4.78, 5) is 60.5. The summed E-state index contributed by atoms with van der Waals surface area (Å²) in [5, 5.41) is 12.4. The number of hydrogen-bond acceptors (Lipinski definition) is 7. The van der Waals surface area contributed by atoms with Crippen molar-refractivity contribution in [3.05, 3.63) is 34.4 Å². The van der Waals surface area contributed by atoms with Gasteiger partial charge >= 0.3 is 5.97 Å². The second-order valence-electron chi connectivity index (χ2n) is 7.78. The van der Waals surface area contributed by atoms with E-state index < -0.39 is 64.4 Å². The van der Waals surface area contributed by atoms with Gasteiger partial charge in [0, 0.05) is 17.8 Å². The maximum absolute atomic E-state index is 12.7. The first kappa shape index (κ1) is 21.5. The van der Waals surface area contributed by atoms with E-state index in [1.54, 1.807) is 0 Å². The molecule has 2 aliphatic carbocycles. The zero-order valence-electron chi connectivity index (χ0n) is 15.9. The van der Waals surface area contributed by atoms with E-state index in [9.17, 15) is 29.3 Å². The summed E-state index contributed by atoms with van der Waals surface area (Å²) in [6.45, 7) is -1.28. The summed E-state index contributed by atoms with van der Waals surface area (Å²) in [6.07, 6.45) is 0.616. The van der Waals surface area contributed by atoms with E-state index >= 15 is 0 Å². The van der Waals surface area contributed by atoms with Crippen molar-refractivity contribution in [2.45, 2.75) is 17.2 Å². The Balaban J connectivity index is 1.31. The molecule has 0 spiro atoms. The molecule has 1 aromatic rings. The van der Waals surface area contributed by atoms with Gasteiger partial charge in [-0.3, -0.25) is 34.2 Å². The Bertz CT molecular complexity index is 955. The Kier molecular flexibility index (Phi) is 5.61. The molecule has 1 aromatic carbocycles. The number of nitrogens with zero attached hydrogens (tertiary/aromatic N) is 2. The third-order valence-electron chi connectivity index (χ3n) is 6.07. The summed E-state index contributed by atoms with van der Waals surface area (Å²) in [7, 11) is 0. The fraction of sp³-hybridized carbons (Fsp3) is 0.474. The van der Waals surface area contributed by atoms with E-state index in [0.29, 0.717) is 6.42 Å². The number of nitro groups is 1. The van der Waals surface area contributed by atoms with E-state index in [0.717, 1.165) is 11.0 Å². The molecule has 0 radical (unpaired) electrons. The first-order chi connectivity index (χ1) is 14.7. The number of nitro benzene ring substituents is 1. The molecule has 3 amide bonds. The number of benzene rings is 1. The van der Waals surface area contributed by atoms with Gasteiger partial charge in [0.15, 0.2) is 6.61 Å². The van der Waals surface area contributed by atoms with Crippen molar-refractivity contribution < 1.29 is 28.8 Å². The lowest BCUT2D eigenvalue weighted by Gasteiger charge is -2.28. The van der Waals surface area contributed by atoms with Crippen LogP contribution in [-0.4, -0.2) is 57.4 Å². The normalized spacial score (nSPS) is 31.0. The molecule has 2 saturated carbocycles. The van der Waals surface area contributed by atoms with Crippen LogP contribution in [0.4, 0.5) is 11.4 Å². The van der Waals surface area contributed by atoms with Gasteiger partial charge in [-0.1, -0.05) is 6.07 Å². The lowest BCUT2D eigenvalue weighted by atomic mass is 9.80. The van der Waals surface area contributed by atoms with Crippen LogP contribution in [0.15, 0.2) is 24.3 Å². The molecular formula is C19H17Cl2N3O7. The highest BCUT2D eigenvalue weighted by Gasteiger charge is 2.66. The third kappa shape index (κ3) is 3.74. The molecule has 4 rings (SSSR count). The lowest BCUT2D eigenvalue weighted by molar-refractivity contribution is -0.384. The number of fused-ring (bicyclic) bond motifs is 5. The zero-order valence-corrected chi connectivity index (χ0v) is 17.4. The first-order valence-corrected chi connectivity index (χ1v) is 10.4. The van der Waals surface area contributed by atoms with Gasteiger partial charge in [0.2, 0.25) is 11.8 Å². The summed E-state index contributed by atoms with van der Waals surface area (Å²) < 4.78 is 4.86. The fourth-order valence-corrected chi connectivity index (χ4v) is 5.67. The Morgan fingerprint density at radius 2 is 1.77 bits per heavy atom. The summed E-state index contributed by atoms with van der Waals surface area (Å²) in [6, 6.07) is 5.25. The van der Waals surface area contributed by atoms with Crippen molar-refractivity contribution >= 4 is 58.3 Å². The summed E-state index contributed by atoms with van der Waals surface area (Å²) >= 11 is 12.6. The number of nitrogens with one attached hydrogen (secondary N) is 1. The largest absolute Gasteiger partial charge is 0.454 e. The topological polar surface area (TPSA) is 136 Å². The molecule has 1 aliphatic heterocycles. The zero-order chi connectivity index (χ0) is 22.4. The molecule has 0 unspecified atom stereocenters. The van der Waals surface area contributed by atoms with Crippen LogP contribution in [0.1, 0.15) is 6.42 Å². The van der Waals surface area contributed by atoms with Crippen molar-refractivity contribution in [3.63, 3.8) is 0 Å². The number of amides is 3. The second kappa shape index (κ2) is 8.08. The number of rotatable bonds is 6. The predicted molar refractivity (Wildman–Crippen MR) is 107 cm³/mol. The van der Waals surface area contributed by atoms with Gasteiger partial charge in [-0.05, 0) is 24.3 Å². The number of halogens is 2. The third-order valence-corrected chi connectivity index (χ3v) is 7.39. The second-order valence-corrected chi connectivity index (χ2v) is 8.79. The number of hydrogen-bond donors (Lipinski definition) is 1. The molecule has 3 aliphatic rings. The van der Waals surface area contributed by atoms with E-state index in [4.69, 9.17) is 27.9 Å². The van der Waals surface area contributed by atoms with E-state index in [1.807, 2.05) is 0 Å². The Labute approximate surface area is 185 Å². The van der Waals surface area contributed by atoms with Crippen molar-refractivity contribution in [1.82, 2.24) is 4.90 Å². The van der Waals surface area contributed by atoms with Gasteiger partial charge in [-0.2, -0.15) is 0 Å². The molecular weight excluding hydrogens is 453 g/mol. The minimum absolute atomic E-state index is 0.162. The van der Waals surface area contributed by atoms with Crippen LogP contribution in [0, 0.1) is 33.8 Å². The maximum atomic E-state index is 12.7. The molecule has 12 heteroatoms. The molecule has 1 N–H and O–H groups in total. The Morgan fingerprint density at radius 3 is 2.35 bits per heavy atom. The Morgan fingerprint density at radius 1 is 1.16 bits per heavy atom. The van der Waals surface area contributed by atoms with Gasteiger partial charge < -0.3 is 10.1 Å². The number of likely N-dealkylation sites (tertiary alicyclic amines) is 1. The number of carbonyl (C=O) groups is 4. The molecule has 3 fully saturated rings. The number of anilines is 1. The number of imide groups is 1. The SMILES string of the molecule is O=C(COC(=O)CN1C(=O)[C@@H]2[C@H]3C[C@@H]([C@H](Cl)[C@H]3Cl)[C@@H]2C1=O)Nc1cccc([N+](=O)[O-])c1. The highest BCUT2D eigenvalue weighted by Crippen LogP contribution is 2.59. The maximum Gasteiger partial charge on any atom is 0.326 e. The molecule has 0 aromatic heterocycles. The van der Waals surface area contributed by atoms with Gasteiger partial charge in [0.05, 0.1) is 27.5 Å². The smallest absolute Gasteiger partial charge is 0.326 e. The highest BCUT2D eigenvalue weighted by molar-refractivity contribution is 6.31. The van der Waals surface area contributed by atoms with E-state index in [2.05, 4.69) is 5.32 Å². The van der Waals surface area contributed by atoms with Crippen molar-refractivity contribution in [2.24, 2.45) is 23.7 Å². The van der Waals surface area contributed by atoms with Gasteiger partial charge in [0.1, 0.15) is 6.54 Å². The van der Waals surface area contributed by atoms with Gasteiger partial charge in [-0.25, -0.2) is 0 Å². The van der Waals surface area contributed by atoms with Crippen LogP contribution < -0.4 is 5.32 Å². The average molecular weight is 470 g/mol. The van der Waals surface area contributed by atoms with Crippen LogP contribution >= 0.6 is 23.2 Å². The number of esters is 1. The summed E-state index contributed by atoms with van der Waals surface area (Å²) in [5.41, 5.74) is -0.0477. The minimum Gasteiger partial charge on any atom is -0.454 e. The number of non-ortho nitro benzene ring substituents is 1. The standard InChI is InChI=1S/C19H17Cl2N3O7/c20-16-10-5-11(17(16)21)15-14(10)18(27)23(19(15)28)6-13(26)31-7-12(25)22-8-2-1-3-9(4-8)24(29)30/h1-4,10-11,14-17H,5-7H2,(H,22,25)/t10-,11-,14-,15+,16+,17+/m1/s1. The van der Waals surface area contributed by atoms with Crippen LogP contribution in [0.25, 0.3) is 0 Å². The molecule has 10 nitrogen and oxygen atoms in total. The van der Waals surface area contributed by atoms with Crippen LogP contribution in [-0.2, 0) is 23.9 Å². The van der Waals surface area contributed by atoms with E-state index in [-0.39, 0.29) is 23.2 Å². The van der Waals surface area contributed by atoms with Gasteiger partial charge in [-0.15, -0.1) is 23.2 Å².